The normalized spacial score (nSPS) is 19.4. The first-order chi connectivity index (χ1) is 14.2. The highest BCUT2D eigenvalue weighted by atomic mass is 16.5. The molecule has 0 bridgehead atoms. The van der Waals surface area contributed by atoms with Crippen molar-refractivity contribution in [2.75, 3.05) is 13.2 Å². The van der Waals surface area contributed by atoms with Crippen molar-refractivity contribution in [1.29, 1.82) is 0 Å². The SMILES string of the molecule is Cc1ccc([C@]2(C)NC(=O)N(CC(=O)OCC(=O)N[C@H](C)c3ccco3)C2=O)cc1. The van der Waals surface area contributed by atoms with Gasteiger partial charge in [0.25, 0.3) is 11.8 Å². The van der Waals surface area contributed by atoms with Crippen LogP contribution in [0.3, 0.4) is 0 Å². The number of imide groups is 1. The second kappa shape index (κ2) is 8.40. The lowest BCUT2D eigenvalue weighted by atomic mass is 9.91. The summed E-state index contributed by atoms with van der Waals surface area (Å²) in [6.45, 7) is 4.08. The molecule has 1 fully saturated rings. The molecule has 0 saturated carbocycles. The van der Waals surface area contributed by atoms with E-state index >= 15 is 0 Å². The highest BCUT2D eigenvalue weighted by Crippen LogP contribution is 2.28. The van der Waals surface area contributed by atoms with Crippen LogP contribution in [0.25, 0.3) is 0 Å². The van der Waals surface area contributed by atoms with Gasteiger partial charge in [0.2, 0.25) is 0 Å². The molecule has 0 spiro atoms. The zero-order chi connectivity index (χ0) is 21.9. The minimum Gasteiger partial charge on any atom is -0.467 e. The third kappa shape index (κ3) is 4.35. The Bertz CT molecular complexity index is 954. The van der Waals surface area contributed by atoms with Gasteiger partial charge in [-0.15, -0.1) is 0 Å². The summed E-state index contributed by atoms with van der Waals surface area (Å²) in [6, 6.07) is 9.47. The first kappa shape index (κ1) is 21.1. The largest absolute Gasteiger partial charge is 0.467 e. The van der Waals surface area contributed by atoms with Gasteiger partial charge in [-0.2, -0.15) is 0 Å². The highest BCUT2D eigenvalue weighted by Gasteiger charge is 2.49. The number of nitrogens with one attached hydrogen (secondary N) is 2. The summed E-state index contributed by atoms with van der Waals surface area (Å²) in [5, 5.41) is 5.24. The summed E-state index contributed by atoms with van der Waals surface area (Å²) in [5.74, 6) is -1.41. The molecule has 0 aliphatic carbocycles. The summed E-state index contributed by atoms with van der Waals surface area (Å²) < 4.78 is 10.1. The van der Waals surface area contributed by atoms with Gasteiger partial charge < -0.3 is 19.8 Å². The molecule has 1 aromatic heterocycles. The maximum absolute atomic E-state index is 12.8. The van der Waals surface area contributed by atoms with Crippen LogP contribution in [0.1, 0.15) is 36.8 Å². The second-order valence-electron chi connectivity index (χ2n) is 7.28. The molecule has 1 aliphatic heterocycles. The number of carbonyl (C=O) groups is 4. The summed E-state index contributed by atoms with van der Waals surface area (Å²) in [4.78, 5) is 49.9. The fourth-order valence-electron chi connectivity index (χ4n) is 3.14. The van der Waals surface area contributed by atoms with Crippen LogP contribution >= 0.6 is 0 Å². The summed E-state index contributed by atoms with van der Waals surface area (Å²) >= 11 is 0. The number of rotatable bonds is 7. The van der Waals surface area contributed by atoms with Crippen LogP contribution in [0.2, 0.25) is 0 Å². The van der Waals surface area contributed by atoms with E-state index in [1.165, 1.54) is 6.26 Å². The van der Waals surface area contributed by atoms with Crippen molar-refractivity contribution in [1.82, 2.24) is 15.5 Å². The Morgan fingerprint density at radius 3 is 2.57 bits per heavy atom. The topological polar surface area (TPSA) is 118 Å². The van der Waals surface area contributed by atoms with Gasteiger partial charge in [-0.1, -0.05) is 29.8 Å². The van der Waals surface area contributed by atoms with Gasteiger partial charge in [0.05, 0.1) is 12.3 Å². The molecular weight excluding hydrogens is 390 g/mol. The molecule has 1 saturated heterocycles. The van der Waals surface area contributed by atoms with Gasteiger partial charge in [-0.3, -0.25) is 19.3 Å². The summed E-state index contributed by atoms with van der Waals surface area (Å²) in [6.07, 6.45) is 1.49. The van der Waals surface area contributed by atoms with Crippen molar-refractivity contribution in [3.05, 3.63) is 59.5 Å². The maximum atomic E-state index is 12.8. The lowest BCUT2D eigenvalue weighted by Gasteiger charge is -2.22. The van der Waals surface area contributed by atoms with E-state index < -0.39 is 48.5 Å². The number of aryl methyl sites for hydroxylation is 1. The number of benzene rings is 1. The number of nitrogens with zero attached hydrogens (tertiary/aromatic N) is 1. The standard InChI is InChI=1S/C21H23N3O6/c1-13-6-8-15(9-7-13)21(3)19(27)24(20(28)23-21)11-18(26)30-12-17(25)22-14(2)16-5-4-10-29-16/h4-10,14H,11-12H2,1-3H3,(H,22,25)(H,23,28)/t14-,21+/m1/s1. The van der Waals surface area contributed by atoms with Crippen LogP contribution in [0, 0.1) is 6.92 Å². The van der Waals surface area contributed by atoms with Crippen molar-refractivity contribution in [3.63, 3.8) is 0 Å². The van der Waals surface area contributed by atoms with Crippen LogP contribution in [0.4, 0.5) is 4.79 Å². The van der Waals surface area contributed by atoms with Crippen molar-refractivity contribution in [3.8, 4) is 0 Å². The van der Waals surface area contributed by atoms with Crippen molar-refractivity contribution in [2.45, 2.75) is 32.4 Å². The number of hydrogen-bond donors (Lipinski definition) is 2. The maximum Gasteiger partial charge on any atom is 0.326 e. The molecule has 2 aromatic rings. The number of carbonyl (C=O) groups excluding carboxylic acids is 4. The Balaban J connectivity index is 1.54. The zero-order valence-corrected chi connectivity index (χ0v) is 16.9. The van der Waals surface area contributed by atoms with Gasteiger partial charge in [0, 0.05) is 0 Å². The predicted molar refractivity (Wildman–Crippen MR) is 105 cm³/mol. The molecule has 4 amide bonds. The number of ether oxygens (including phenoxy) is 1. The first-order valence-electron chi connectivity index (χ1n) is 9.40. The van der Waals surface area contributed by atoms with E-state index in [2.05, 4.69) is 10.6 Å². The minimum absolute atomic E-state index is 0.396. The van der Waals surface area contributed by atoms with Crippen LogP contribution in [-0.2, 0) is 24.7 Å². The van der Waals surface area contributed by atoms with E-state index in [1.807, 2.05) is 19.1 Å². The van der Waals surface area contributed by atoms with Crippen LogP contribution in [0.5, 0.6) is 0 Å². The van der Waals surface area contributed by atoms with Gasteiger partial charge >= 0.3 is 12.0 Å². The zero-order valence-electron chi connectivity index (χ0n) is 16.9. The Morgan fingerprint density at radius 2 is 1.93 bits per heavy atom. The monoisotopic (exact) mass is 413 g/mol. The quantitative estimate of drug-likeness (QED) is 0.528. The van der Waals surface area contributed by atoms with Gasteiger partial charge in [-0.05, 0) is 38.5 Å². The Labute approximate surface area is 173 Å². The Morgan fingerprint density at radius 1 is 1.23 bits per heavy atom. The summed E-state index contributed by atoms with van der Waals surface area (Å²) in [7, 11) is 0. The molecule has 0 unspecified atom stereocenters. The first-order valence-corrected chi connectivity index (χ1v) is 9.40. The number of amides is 4. The fourth-order valence-corrected chi connectivity index (χ4v) is 3.14. The third-order valence-electron chi connectivity index (χ3n) is 4.90. The molecule has 0 radical (unpaired) electrons. The molecule has 2 N–H and O–H groups in total. The molecule has 1 aromatic carbocycles. The van der Waals surface area contributed by atoms with Gasteiger partial charge in [0.15, 0.2) is 6.61 Å². The average Bonchev–Trinajstić information content (AvgIpc) is 3.31. The number of furan rings is 1. The molecule has 2 heterocycles. The van der Waals surface area contributed by atoms with Crippen molar-refractivity contribution < 1.29 is 28.3 Å². The molecule has 9 heteroatoms. The van der Waals surface area contributed by atoms with E-state index in [9.17, 15) is 19.2 Å². The second-order valence-corrected chi connectivity index (χ2v) is 7.28. The molecule has 30 heavy (non-hydrogen) atoms. The number of urea groups is 1. The predicted octanol–water partition coefficient (Wildman–Crippen LogP) is 1.78. The molecule has 9 nitrogen and oxygen atoms in total. The molecule has 2 atom stereocenters. The highest BCUT2D eigenvalue weighted by molar-refractivity contribution is 6.08. The molecule has 3 rings (SSSR count). The Kier molecular flexibility index (Phi) is 5.91. The number of esters is 1. The van der Waals surface area contributed by atoms with Crippen LogP contribution in [-0.4, -0.2) is 41.9 Å². The molecule has 1 aliphatic rings. The fraction of sp³-hybridized carbons (Fsp3) is 0.333. The van der Waals surface area contributed by atoms with E-state index in [-0.39, 0.29) is 0 Å². The van der Waals surface area contributed by atoms with Gasteiger partial charge in [0.1, 0.15) is 17.8 Å². The van der Waals surface area contributed by atoms with E-state index in [0.29, 0.717) is 11.3 Å². The van der Waals surface area contributed by atoms with Crippen molar-refractivity contribution in [2.24, 2.45) is 0 Å². The minimum atomic E-state index is -1.28. The average molecular weight is 413 g/mol. The van der Waals surface area contributed by atoms with E-state index in [1.54, 1.807) is 38.1 Å². The van der Waals surface area contributed by atoms with Crippen LogP contribution < -0.4 is 10.6 Å². The summed E-state index contributed by atoms with van der Waals surface area (Å²) in [5.41, 5.74) is 0.341. The smallest absolute Gasteiger partial charge is 0.326 e. The van der Waals surface area contributed by atoms with Gasteiger partial charge in [-0.25, -0.2) is 4.79 Å². The van der Waals surface area contributed by atoms with Crippen molar-refractivity contribution >= 4 is 23.8 Å². The molecular formula is C21H23N3O6. The number of hydrogen-bond acceptors (Lipinski definition) is 6. The van der Waals surface area contributed by atoms with E-state index in [4.69, 9.17) is 9.15 Å². The lowest BCUT2D eigenvalue weighted by Crippen LogP contribution is -2.42. The third-order valence-corrected chi connectivity index (χ3v) is 4.90. The Hall–Kier alpha value is -3.62. The van der Waals surface area contributed by atoms with E-state index in [0.717, 1.165) is 10.5 Å². The lowest BCUT2D eigenvalue weighted by molar-refractivity contribution is -0.151. The molecule has 158 valence electrons. The van der Waals surface area contributed by atoms with Crippen LogP contribution in [0.15, 0.2) is 47.1 Å².